The largest absolute Gasteiger partial charge is 0.340 e. The molecule has 4 heterocycles. The highest BCUT2D eigenvalue weighted by molar-refractivity contribution is 7.15. The summed E-state index contributed by atoms with van der Waals surface area (Å²) in [5, 5.41) is 7.59. The number of rotatable bonds is 3. The Morgan fingerprint density at radius 1 is 1.25 bits per heavy atom. The third kappa shape index (κ3) is 3.35. The van der Waals surface area contributed by atoms with E-state index in [1.165, 1.54) is 29.9 Å². The fourth-order valence-corrected chi connectivity index (χ4v) is 5.71. The van der Waals surface area contributed by atoms with Gasteiger partial charge < -0.3 is 20.4 Å². The van der Waals surface area contributed by atoms with E-state index < -0.39 is 0 Å². The zero-order valence-corrected chi connectivity index (χ0v) is 16.5. The molecule has 28 heavy (non-hydrogen) atoms. The first-order chi connectivity index (χ1) is 13.7. The Hall–Kier alpha value is -2.19. The lowest BCUT2D eigenvalue weighted by Crippen LogP contribution is -2.51. The molecule has 0 saturated carbocycles. The van der Waals surface area contributed by atoms with Crippen LogP contribution in [-0.2, 0) is 19.5 Å². The van der Waals surface area contributed by atoms with Crippen molar-refractivity contribution in [1.29, 1.82) is 0 Å². The van der Waals surface area contributed by atoms with Gasteiger partial charge in [-0.3, -0.25) is 0 Å². The highest BCUT2D eigenvalue weighted by Gasteiger charge is 2.39. The van der Waals surface area contributed by atoms with Crippen LogP contribution < -0.4 is 15.5 Å². The van der Waals surface area contributed by atoms with Crippen molar-refractivity contribution in [3.63, 3.8) is 0 Å². The van der Waals surface area contributed by atoms with Crippen molar-refractivity contribution >= 4 is 22.5 Å². The number of benzene rings is 1. The molecule has 148 valence electrons. The van der Waals surface area contributed by atoms with Gasteiger partial charge in [-0.2, -0.15) is 0 Å². The molecule has 2 unspecified atom stereocenters. The Labute approximate surface area is 167 Å². The van der Waals surface area contributed by atoms with E-state index in [4.69, 9.17) is 4.98 Å². The summed E-state index contributed by atoms with van der Waals surface area (Å²) in [6.45, 7) is 3.78. The van der Waals surface area contributed by atoms with Gasteiger partial charge in [0.2, 0.25) is 0 Å². The van der Waals surface area contributed by atoms with Gasteiger partial charge >= 0.3 is 6.03 Å². The van der Waals surface area contributed by atoms with E-state index in [0.717, 1.165) is 35.9 Å². The number of amides is 2. The zero-order valence-electron chi connectivity index (χ0n) is 15.7. The lowest BCUT2D eigenvalue weighted by atomic mass is 10.2. The summed E-state index contributed by atoms with van der Waals surface area (Å²) in [7, 11) is 0. The SMILES string of the molecule is O=C(NCc1ccc(F)cc1)N1CCc2nc(N3C4CCC3CNC4)sc2C1. The first kappa shape index (κ1) is 17.9. The van der Waals surface area contributed by atoms with Crippen LogP contribution in [0.2, 0.25) is 0 Å². The molecule has 2 saturated heterocycles. The summed E-state index contributed by atoms with van der Waals surface area (Å²) in [6.07, 6.45) is 3.27. The molecule has 0 aliphatic carbocycles. The Balaban J connectivity index is 1.23. The number of thiazole rings is 1. The van der Waals surface area contributed by atoms with Gasteiger partial charge in [0.1, 0.15) is 5.82 Å². The number of nitrogens with zero attached hydrogens (tertiary/aromatic N) is 3. The molecule has 0 spiro atoms. The molecule has 1 aromatic heterocycles. The smallest absolute Gasteiger partial charge is 0.318 e. The van der Waals surface area contributed by atoms with Gasteiger partial charge in [0, 0.05) is 49.6 Å². The minimum Gasteiger partial charge on any atom is -0.340 e. The minimum absolute atomic E-state index is 0.0767. The first-order valence-corrected chi connectivity index (χ1v) is 10.7. The van der Waals surface area contributed by atoms with Crippen LogP contribution >= 0.6 is 11.3 Å². The van der Waals surface area contributed by atoms with Crippen molar-refractivity contribution in [3.05, 3.63) is 46.2 Å². The maximum atomic E-state index is 13.0. The van der Waals surface area contributed by atoms with Crippen molar-refractivity contribution in [2.75, 3.05) is 24.5 Å². The second-order valence-corrected chi connectivity index (χ2v) is 8.84. The summed E-state index contributed by atoms with van der Waals surface area (Å²) >= 11 is 1.75. The first-order valence-electron chi connectivity index (χ1n) is 9.92. The van der Waals surface area contributed by atoms with Gasteiger partial charge in [-0.05, 0) is 30.5 Å². The highest BCUT2D eigenvalue weighted by atomic mass is 32.1. The quantitative estimate of drug-likeness (QED) is 0.830. The number of carbonyl (C=O) groups excluding carboxylic acids is 1. The molecule has 6 nitrogen and oxygen atoms in total. The van der Waals surface area contributed by atoms with Crippen molar-refractivity contribution in [3.8, 4) is 0 Å². The van der Waals surface area contributed by atoms with Gasteiger partial charge in [-0.15, -0.1) is 0 Å². The highest BCUT2D eigenvalue weighted by Crippen LogP contribution is 2.37. The van der Waals surface area contributed by atoms with E-state index >= 15 is 0 Å². The maximum absolute atomic E-state index is 13.0. The molecule has 3 aliphatic heterocycles. The van der Waals surface area contributed by atoms with E-state index in [9.17, 15) is 9.18 Å². The van der Waals surface area contributed by atoms with E-state index in [2.05, 4.69) is 15.5 Å². The normalized spacial score (nSPS) is 23.6. The Bertz CT molecular complexity index is 854. The van der Waals surface area contributed by atoms with Crippen LogP contribution in [-0.4, -0.2) is 47.6 Å². The number of piperazine rings is 1. The lowest BCUT2D eigenvalue weighted by Gasteiger charge is -2.35. The van der Waals surface area contributed by atoms with Crippen molar-refractivity contribution in [1.82, 2.24) is 20.5 Å². The average Bonchev–Trinajstić information content (AvgIpc) is 3.23. The Morgan fingerprint density at radius 2 is 2.00 bits per heavy atom. The van der Waals surface area contributed by atoms with Crippen LogP contribution in [0.3, 0.4) is 0 Å². The fourth-order valence-electron chi connectivity index (χ4n) is 4.45. The molecule has 1 aromatic carbocycles. The molecule has 3 aliphatic rings. The minimum atomic E-state index is -0.266. The van der Waals surface area contributed by atoms with E-state index in [1.807, 2.05) is 4.90 Å². The molecule has 2 fully saturated rings. The summed E-state index contributed by atoms with van der Waals surface area (Å²) in [6, 6.07) is 7.26. The van der Waals surface area contributed by atoms with Crippen LogP contribution in [0.25, 0.3) is 0 Å². The molecule has 2 atom stereocenters. The van der Waals surface area contributed by atoms with Crippen LogP contribution in [0.5, 0.6) is 0 Å². The van der Waals surface area contributed by atoms with Crippen LogP contribution in [0.15, 0.2) is 24.3 Å². The topological polar surface area (TPSA) is 60.5 Å². The summed E-state index contributed by atoms with van der Waals surface area (Å²) in [5.41, 5.74) is 2.04. The maximum Gasteiger partial charge on any atom is 0.318 e. The number of carbonyl (C=O) groups is 1. The zero-order chi connectivity index (χ0) is 19.1. The summed E-state index contributed by atoms with van der Waals surface area (Å²) < 4.78 is 13.0. The fraction of sp³-hybridized carbons (Fsp3) is 0.500. The molecule has 2 bridgehead atoms. The van der Waals surface area contributed by atoms with Crippen LogP contribution in [0.1, 0.15) is 29.0 Å². The van der Waals surface area contributed by atoms with Gasteiger partial charge in [0.25, 0.3) is 0 Å². The molecular weight excluding hydrogens is 377 g/mol. The molecule has 8 heteroatoms. The molecule has 0 radical (unpaired) electrons. The summed E-state index contributed by atoms with van der Waals surface area (Å²) in [4.78, 5) is 23.1. The standard InChI is InChI=1S/C20H24FN5OS/c21-14-3-1-13(2-4-14)9-23-19(27)25-8-7-17-18(12-25)28-20(24-17)26-15-5-6-16(26)11-22-10-15/h1-4,15-16,22H,5-12H2,(H,23,27). The lowest BCUT2D eigenvalue weighted by molar-refractivity contribution is 0.192. The van der Waals surface area contributed by atoms with Gasteiger partial charge in [0.15, 0.2) is 5.13 Å². The summed E-state index contributed by atoms with van der Waals surface area (Å²) in [5.74, 6) is -0.266. The second kappa shape index (κ2) is 7.33. The molecule has 2 amide bonds. The average molecular weight is 402 g/mol. The predicted molar refractivity (Wildman–Crippen MR) is 107 cm³/mol. The van der Waals surface area contributed by atoms with Crippen LogP contribution in [0, 0.1) is 5.82 Å². The monoisotopic (exact) mass is 401 g/mol. The molecule has 2 aromatic rings. The van der Waals surface area contributed by atoms with Crippen LogP contribution in [0.4, 0.5) is 14.3 Å². The third-order valence-corrected chi connectivity index (χ3v) is 7.06. The van der Waals surface area contributed by atoms with E-state index in [1.54, 1.807) is 23.5 Å². The number of urea groups is 1. The Kier molecular flexibility index (Phi) is 4.68. The van der Waals surface area contributed by atoms with E-state index in [-0.39, 0.29) is 11.8 Å². The second-order valence-electron chi connectivity index (χ2n) is 7.77. The number of halogens is 1. The van der Waals surface area contributed by atoms with E-state index in [0.29, 0.717) is 31.7 Å². The number of hydrogen-bond acceptors (Lipinski definition) is 5. The molecular formula is C20H24FN5OS. The van der Waals surface area contributed by atoms with Crippen molar-refractivity contribution in [2.24, 2.45) is 0 Å². The number of hydrogen-bond donors (Lipinski definition) is 2. The Morgan fingerprint density at radius 3 is 2.75 bits per heavy atom. The third-order valence-electron chi connectivity index (χ3n) is 5.96. The molecule has 2 N–H and O–H groups in total. The number of nitrogens with one attached hydrogen (secondary N) is 2. The number of aromatic nitrogens is 1. The van der Waals surface area contributed by atoms with Crippen molar-refractivity contribution in [2.45, 2.75) is 44.4 Å². The molecule has 5 rings (SSSR count). The van der Waals surface area contributed by atoms with Crippen molar-refractivity contribution < 1.29 is 9.18 Å². The van der Waals surface area contributed by atoms with Gasteiger partial charge in [0.05, 0.1) is 12.2 Å². The van der Waals surface area contributed by atoms with Gasteiger partial charge in [-0.25, -0.2) is 14.2 Å². The predicted octanol–water partition coefficient (Wildman–Crippen LogP) is 2.49. The van der Waals surface area contributed by atoms with Gasteiger partial charge in [-0.1, -0.05) is 23.5 Å². The number of fused-ring (bicyclic) bond motifs is 3. The number of anilines is 1.